The van der Waals surface area contributed by atoms with Crippen LogP contribution in [0.25, 0.3) is 5.69 Å². The van der Waals surface area contributed by atoms with E-state index in [1.54, 1.807) is 6.07 Å². The summed E-state index contributed by atoms with van der Waals surface area (Å²) < 4.78 is 12.5. The monoisotopic (exact) mass is 327 g/mol. The molecule has 24 heavy (non-hydrogen) atoms. The molecule has 5 nitrogen and oxygen atoms in total. The van der Waals surface area contributed by atoms with E-state index >= 15 is 0 Å². The lowest BCUT2D eigenvalue weighted by Gasteiger charge is -2.21. The first-order valence-electron chi connectivity index (χ1n) is 7.93. The first-order valence-corrected chi connectivity index (χ1v) is 7.93. The van der Waals surface area contributed by atoms with E-state index in [0.29, 0.717) is 5.56 Å². The Labute approximate surface area is 141 Å². The van der Waals surface area contributed by atoms with E-state index in [4.69, 9.17) is 9.47 Å². The molecule has 0 bridgehead atoms. The molecule has 0 unspecified atom stereocenters. The lowest BCUT2D eigenvalue weighted by Crippen LogP contribution is -2.35. The summed E-state index contributed by atoms with van der Waals surface area (Å²) in [6, 6.07) is 11.6. The second-order valence-corrected chi connectivity index (χ2v) is 6.84. The van der Waals surface area contributed by atoms with E-state index < -0.39 is 23.5 Å². The van der Waals surface area contributed by atoms with Crippen LogP contribution in [0.5, 0.6) is 0 Å². The zero-order valence-corrected chi connectivity index (χ0v) is 14.3. The van der Waals surface area contributed by atoms with Crippen LogP contribution in [-0.2, 0) is 14.3 Å². The predicted octanol–water partition coefficient (Wildman–Crippen LogP) is 3.20. The number of ether oxygens (including phenoxy) is 2. The van der Waals surface area contributed by atoms with Gasteiger partial charge in [-0.2, -0.15) is 0 Å². The summed E-state index contributed by atoms with van der Waals surface area (Å²) in [4.78, 5) is 24.4. The molecule has 1 aromatic heterocycles. The summed E-state index contributed by atoms with van der Waals surface area (Å²) in [5.41, 5.74) is 2.64. The van der Waals surface area contributed by atoms with Crippen LogP contribution in [-0.4, -0.2) is 29.2 Å². The quantitative estimate of drug-likeness (QED) is 0.812. The molecule has 1 aliphatic heterocycles. The van der Waals surface area contributed by atoms with Crippen molar-refractivity contribution < 1.29 is 19.1 Å². The molecule has 2 aromatic rings. The highest BCUT2D eigenvalue weighted by Gasteiger charge is 2.46. The highest BCUT2D eigenvalue weighted by molar-refractivity contribution is 5.93. The summed E-state index contributed by atoms with van der Waals surface area (Å²) in [5, 5.41) is 0. The molecule has 0 saturated carbocycles. The van der Waals surface area contributed by atoms with Crippen molar-refractivity contribution in [3.63, 3.8) is 0 Å². The highest BCUT2D eigenvalue weighted by Crippen LogP contribution is 2.32. The molecule has 0 N–H and O–H groups in total. The Morgan fingerprint density at radius 1 is 1.25 bits per heavy atom. The fraction of sp³-hybridized carbons (Fsp3) is 0.368. The molecular weight excluding hydrogens is 306 g/mol. The van der Waals surface area contributed by atoms with Gasteiger partial charge in [0.25, 0.3) is 0 Å². The molecule has 2 heterocycles. The van der Waals surface area contributed by atoms with Crippen molar-refractivity contribution in [1.82, 2.24) is 4.57 Å². The van der Waals surface area contributed by atoms with Gasteiger partial charge in [-0.15, -0.1) is 0 Å². The van der Waals surface area contributed by atoms with Crippen molar-refractivity contribution in [2.24, 2.45) is 5.41 Å². The number of nitrogens with zero attached hydrogens (tertiary/aromatic N) is 1. The number of esters is 2. The Balaban J connectivity index is 1.91. The number of hydrogen-bond acceptors (Lipinski definition) is 4. The highest BCUT2D eigenvalue weighted by atomic mass is 16.6. The van der Waals surface area contributed by atoms with Gasteiger partial charge in [0.1, 0.15) is 6.61 Å². The third-order valence-corrected chi connectivity index (χ3v) is 4.40. The summed E-state index contributed by atoms with van der Waals surface area (Å²) in [5.74, 6) is -0.979. The van der Waals surface area contributed by atoms with E-state index in [-0.39, 0.29) is 6.61 Å². The minimum absolute atomic E-state index is 0.257. The topological polar surface area (TPSA) is 57.5 Å². The molecule has 1 atom stereocenters. The van der Waals surface area contributed by atoms with Crippen molar-refractivity contribution in [3.8, 4) is 5.69 Å². The SMILES string of the molecule is Cc1cc(C(=O)O[C@H]2C(=O)OCC2(C)C)c(C)n1-c1ccccc1. The molecule has 3 rings (SSSR count). The maximum absolute atomic E-state index is 12.6. The van der Waals surface area contributed by atoms with Crippen LogP contribution in [0.2, 0.25) is 0 Å². The van der Waals surface area contributed by atoms with Gasteiger partial charge < -0.3 is 14.0 Å². The Hall–Kier alpha value is -2.56. The van der Waals surface area contributed by atoms with E-state index in [2.05, 4.69) is 0 Å². The second kappa shape index (κ2) is 5.82. The molecule has 1 aromatic carbocycles. The molecule has 126 valence electrons. The van der Waals surface area contributed by atoms with Crippen LogP contribution < -0.4 is 0 Å². The van der Waals surface area contributed by atoms with Crippen molar-refractivity contribution in [1.29, 1.82) is 0 Å². The third-order valence-electron chi connectivity index (χ3n) is 4.40. The van der Waals surface area contributed by atoms with Gasteiger partial charge in [0.05, 0.1) is 5.56 Å². The maximum atomic E-state index is 12.6. The lowest BCUT2D eigenvalue weighted by molar-refractivity contribution is -0.145. The summed E-state index contributed by atoms with van der Waals surface area (Å²) >= 11 is 0. The average Bonchev–Trinajstić information content (AvgIpc) is 2.98. The molecule has 0 radical (unpaired) electrons. The van der Waals surface area contributed by atoms with Gasteiger partial charge in [-0.05, 0) is 32.0 Å². The molecular formula is C19H21NO4. The first kappa shape index (κ1) is 16.3. The third kappa shape index (κ3) is 2.70. The summed E-state index contributed by atoms with van der Waals surface area (Å²) in [7, 11) is 0. The Kier molecular flexibility index (Phi) is 3.95. The van der Waals surface area contributed by atoms with E-state index in [1.165, 1.54) is 0 Å². The van der Waals surface area contributed by atoms with Crippen LogP contribution >= 0.6 is 0 Å². The van der Waals surface area contributed by atoms with Gasteiger partial charge >= 0.3 is 11.9 Å². The zero-order valence-electron chi connectivity index (χ0n) is 14.3. The molecule has 1 fully saturated rings. The van der Waals surface area contributed by atoms with Gasteiger partial charge in [-0.3, -0.25) is 0 Å². The Morgan fingerprint density at radius 2 is 1.92 bits per heavy atom. The molecule has 1 aliphatic rings. The molecule has 5 heteroatoms. The zero-order chi connectivity index (χ0) is 17.5. The number of hydrogen-bond donors (Lipinski definition) is 0. The number of aromatic nitrogens is 1. The number of para-hydroxylation sites is 1. The van der Waals surface area contributed by atoms with Gasteiger partial charge in [-0.1, -0.05) is 32.0 Å². The van der Waals surface area contributed by atoms with Crippen molar-refractivity contribution in [2.75, 3.05) is 6.61 Å². The number of carbonyl (C=O) groups excluding carboxylic acids is 2. The van der Waals surface area contributed by atoms with Gasteiger partial charge in [0.15, 0.2) is 0 Å². The van der Waals surface area contributed by atoms with Crippen LogP contribution in [0.15, 0.2) is 36.4 Å². The first-order chi connectivity index (χ1) is 11.3. The van der Waals surface area contributed by atoms with Crippen LogP contribution in [0.4, 0.5) is 0 Å². The van der Waals surface area contributed by atoms with E-state index in [9.17, 15) is 9.59 Å². The Bertz CT molecular complexity index is 789. The van der Waals surface area contributed by atoms with Crippen LogP contribution in [0, 0.1) is 19.3 Å². The van der Waals surface area contributed by atoms with Gasteiger partial charge in [-0.25, -0.2) is 9.59 Å². The number of cyclic esters (lactones) is 1. The lowest BCUT2D eigenvalue weighted by atomic mass is 9.90. The summed E-state index contributed by atoms with van der Waals surface area (Å²) in [6.45, 7) is 7.76. The van der Waals surface area contributed by atoms with E-state index in [0.717, 1.165) is 17.1 Å². The number of carbonyl (C=O) groups is 2. The second-order valence-electron chi connectivity index (χ2n) is 6.84. The minimum Gasteiger partial charge on any atom is -0.462 e. The molecule has 0 amide bonds. The van der Waals surface area contributed by atoms with Crippen LogP contribution in [0.3, 0.4) is 0 Å². The Morgan fingerprint density at radius 3 is 2.50 bits per heavy atom. The van der Waals surface area contributed by atoms with Crippen molar-refractivity contribution >= 4 is 11.9 Å². The fourth-order valence-electron chi connectivity index (χ4n) is 3.05. The number of rotatable bonds is 3. The molecule has 1 saturated heterocycles. The largest absolute Gasteiger partial charge is 0.462 e. The fourth-order valence-corrected chi connectivity index (χ4v) is 3.05. The normalized spacial score (nSPS) is 19.2. The maximum Gasteiger partial charge on any atom is 0.348 e. The average molecular weight is 327 g/mol. The van der Waals surface area contributed by atoms with Gasteiger partial charge in [0.2, 0.25) is 6.10 Å². The summed E-state index contributed by atoms with van der Waals surface area (Å²) in [6.07, 6.45) is -0.871. The molecule has 0 spiro atoms. The minimum atomic E-state index is -0.871. The predicted molar refractivity (Wildman–Crippen MR) is 89.2 cm³/mol. The number of benzene rings is 1. The van der Waals surface area contributed by atoms with Crippen molar-refractivity contribution in [2.45, 2.75) is 33.8 Å². The van der Waals surface area contributed by atoms with E-state index in [1.807, 2.05) is 62.6 Å². The number of aryl methyl sites for hydroxylation is 1. The van der Waals surface area contributed by atoms with Gasteiger partial charge in [0, 0.05) is 22.5 Å². The standard InChI is InChI=1S/C19H21NO4/c1-12-10-15(13(2)20(12)14-8-6-5-7-9-14)17(21)24-16-18(22)23-11-19(16,3)4/h5-10,16H,11H2,1-4H3/t16-/m0/s1. The molecule has 0 aliphatic carbocycles. The van der Waals surface area contributed by atoms with Crippen LogP contribution in [0.1, 0.15) is 35.6 Å². The smallest absolute Gasteiger partial charge is 0.348 e. The van der Waals surface area contributed by atoms with Crippen molar-refractivity contribution in [3.05, 3.63) is 53.3 Å².